The molecule has 4 saturated carbocycles. The number of hydrogen-bond acceptors (Lipinski definition) is 6. The van der Waals surface area contributed by atoms with Crippen molar-refractivity contribution in [3.8, 4) is 0 Å². The van der Waals surface area contributed by atoms with E-state index >= 15 is 0 Å². The first-order valence-corrected chi connectivity index (χ1v) is 14.8. The Morgan fingerprint density at radius 3 is 2.42 bits per heavy atom. The molecule has 0 N–H and O–H groups in total. The minimum Gasteiger partial charge on any atom is -0.469 e. The summed E-state index contributed by atoms with van der Waals surface area (Å²) in [5.41, 5.74) is -0.588. The molecule has 0 heterocycles. The highest BCUT2D eigenvalue weighted by atomic mass is 79.9. The molecule has 7 heteroatoms. The quantitative estimate of drug-likeness (QED) is 0.310. The zero-order chi connectivity index (χ0) is 26.6. The number of fused-ring (bicyclic) bond motifs is 5. The van der Waals surface area contributed by atoms with E-state index in [4.69, 9.17) is 9.47 Å². The van der Waals surface area contributed by atoms with Crippen molar-refractivity contribution >= 4 is 39.4 Å². The van der Waals surface area contributed by atoms with E-state index in [9.17, 15) is 19.2 Å². The summed E-state index contributed by atoms with van der Waals surface area (Å²) in [5.74, 6) is 0.0636. The number of rotatable bonds is 6. The highest BCUT2D eigenvalue weighted by Crippen LogP contribution is 2.69. The summed E-state index contributed by atoms with van der Waals surface area (Å²) in [5, 5.41) is 0. The highest BCUT2D eigenvalue weighted by molar-refractivity contribution is 9.10. The van der Waals surface area contributed by atoms with Gasteiger partial charge in [0, 0.05) is 31.1 Å². The van der Waals surface area contributed by atoms with Crippen LogP contribution in [0.15, 0.2) is 0 Å². The third-order valence-corrected chi connectivity index (χ3v) is 12.5. The predicted molar refractivity (Wildman–Crippen MR) is 139 cm³/mol. The van der Waals surface area contributed by atoms with Crippen LogP contribution in [0, 0.1) is 52.3 Å². The van der Waals surface area contributed by atoms with Crippen LogP contribution in [0.4, 0.5) is 0 Å². The third-order valence-electron chi connectivity index (χ3n) is 11.0. The summed E-state index contributed by atoms with van der Waals surface area (Å²) < 4.78 is 10.5. The van der Waals surface area contributed by atoms with Crippen LogP contribution in [0.2, 0.25) is 0 Å². The second kappa shape index (κ2) is 10.1. The molecule has 0 spiro atoms. The average molecular weight is 568 g/mol. The molecule has 0 aromatic heterocycles. The van der Waals surface area contributed by atoms with Crippen molar-refractivity contribution < 1.29 is 28.7 Å². The summed E-state index contributed by atoms with van der Waals surface area (Å²) in [6.07, 6.45) is 5.81. The fraction of sp³-hybridized carbons (Fsp3) is 0.862. The Kier molecular flexibility index (Phi) is 7.83. The molecular formula is C29H43BrO6. The molecule has 11 atom stereocenters. The first kappa shape index (κ1) is 27.8. The van der Waals surface area contributed by atoms with Crippen molar-refractivity contribution in [3.05, 3.63) is 0 Å². The number of esters is 2. The van der Waals surface area contributed by atoms with Gasteiger partial charge in [0.15, 0.2) is 5.78 Å². The number of ether oxygens (including phenoxy) is 2. The van der Waals surface area contributed by atoms with Gasteiger partial charge in [-0.25, -0.2) is 0 Å². The van der Waals surface area contributed by atoms with E-state index in [0.29, 0.717) is 12.8 Å². The first-order chi connectivity index (χ1) is 16.9. The largest absolute Gasteiger partial charge is 0.469 e. The summed E-state index contributed by atoms with van der Waals surface area (Å²) in [4.78, 5) is 51.7. The zero-order valence-electron chi connectivity index (χ0n) is 22.7. The molecule has 4 fully saturated rings. The molecular weight excluding hydrogens is 524 g/mol. The molecule has 0 aliphatic heterocycles. The van der Waals surface area contributed by atoms with E-state index in [0.717, 1.165) is 38.5 Å². The van der Waals surface area contributed by atoms with Gasteiger partial charge in [-0.15, -0.1) is 0 Å². The predicted octanol–water partition coefficient (Wildman–Crippen LogP) is 5.53. The molecule has 4 aliphatic rings. The summed E-state index contributed by atoms with van der Waals surface area (Å²) >= 11 is 3.90. The number of alkyl halides is 1. The summed E-state index contributed by atoms with van der Waals surface area (Å²) in [7, 11) is 1.42. The monoisotopic (exact) mass is 566 g/mol. The van der Waals surface area contributed by atoms with Crippen LogP contribution >= 0.6 is 15.9 Å². The highest BCUT2D eigenvalue weighted by Gasteiger charge is 2.70. The fourth-order valence-corrected chi connectivity index (χ4v) is 10.3. The molecule has 36 heavy (non-hydrogen) atoms. The Bertz CT molecular complexity index is 917. The Hall–Kier alpha value is -1.24. The number of methoxy groups -OCH3 is 1. The van der Waals surface area contributed by atoms with Crippen LogP contribution in [0.25, 0.3) is 0 Å². The Balaban J connectivity index is 1.67. The van der Waals surface area contributed by atoms with Crippen LogP contribution in [-0.4, -0.2) is 41.5 Å². The topological polar surface area (TPSA) is 86.7 Å². The lowest BCUT2D eigenvalue weighted by molar-refractivity contribution is -0.182. The van der Waals surface area contributed by atoms with E-state index in [1.54, 1.807) is 0 Å². The van der Waals surface area contributed by atoms with Gasteiger partial charge < -0.3 is 9.47 Å². The molecule has 6 nitrogen and oxygen atoms in total. The van der Waals surface area contributed by atoms with E-state index in [2.05, 4.69) is 43.6 Å². The van der Waals surface area contributed by atoms with Gasteiger partial charge in [-0.05, 0) is 79.4 Å². The number of hydrogen-bond donors (Lipinski definition) is 0. The first-order valence-electron chi connectivity index (χ1n) is 13.9. The van der Waals surface area contributed by atoms with Crippen LogP contribution in [0.5, 0.6) is 0 Å². The maximum Gasteiger partial charge on any atom is 0.305 e. The summed E-state index contributed by atoms with van der Waals surface area (Å²) in [6, 6.07) is 0. The van der Waals surface area contributed by atoms with Gasteiger partial charge in [0.1, 0.15) is 11.9 Å². The molecule has 0 radical (unpaired) electrons. The molecule has 0 bridgehead atoms. The van der Waals surface area contributed by atoms with E-state index in [1.807, 2.05) is 0 Å². The van der Waals surface area contributed by atoms with Gasteiger partial charge in [0.25, 0.3) is 0 Å². The normalized spacial score (nSPS) is 44.8. The van der Waals surface area contributed by atoms with Crippen LogP contribution in [0.1, 0.15) is 86.0 Å². The van der Waals surface area contributed by atoms with Crippen molar-refractivity contribution in [1.82, 2.24) is 0 Å². The van der Waals surface area contributed by atoms with Gasteiger partial charge in [-0.2, -0.15) is 0 Å². The number of carbonyl (C=O) groups excluding carboxylic acids is 4. The molecule has 0 aromatic carbocycles. The maximum absolute atomic E-state index is 14.3. The van der Waals surface area contributed by atoms with E-state index < -0.39 is 0 Å². The number of ketones is 2. The van der Waals surface area contributed by atoms with Crippen molar-refractivity contribution in [2.45, 2.75) is 96.9 Å². The van der Waals surface area contributed by atoms with Crippen molar-refractivity contribution in [2.24, 2.45) is 52.3 Å². The minimum absolute atomic E-state index is 0.0542. The molecule has 4 rings (SSSR count). The van der Waals surface area contributed by atoms with E-state index in [1.165, 1.54) is 14.0 Å². The fourth-order valence-electron chi connectivity index (χ4n) is 9.33. The second-order valence-electron chi connectivity index (χ2n) is 12.6. The van der Waals surface area contributed by atoms with Crippen LogP contribution < -0.4 is 0 Å². The lowest BCUT2D eigenvalue weighted by Gasteiger charge is -2.62. The minimum atomic E-state index is -0.320. The van der Waals surface area contributed by atoms with Gasteiger partial charge in [-0.1, -0.05) is 43.6 Å². The van der Waals surface area contributed by atoms with Gasteiger partial charge in [-0.3, -0.25) is 19.2 Å². The van der Waals surface area contributed by atoms with Gasteiger partial charge >= 0.3 is 11.9 Å². The standard InChI is InChI=1S/C29H43BrO6/c1-7-18-21-14-17(36-16(3)31)12-13-28(21,4)24-23(25(18)33)20-10-9-19(15(2)8-11-22(32)35-6)29(20,5)27(30)26(24)34/h15,17-21,23-24,27H,7-14H2,1-6H3/t15?,17-,18-,19-,20+,21+,23+,24-,27?,28+,29-/m1/s1. The molecule has 0 saturated heterocycles. The SMILES string of the molecule is CC[C@H]1C(=O)[C@@H]2[C@H](C(=O)C(Br)[C@]3(C)[C@@H](C(C)CCC(=O)OC)CC[C@@H]23)[C@@]2(C)CC[C@@H](OC(C)=O)C[C@@H]12. The van der Waals surface area contributed by atoms with Crippen LogP contribution in [-0.2, 0) is 28.7 Å². The number of halogens is 1. The zero-order valence-corrected chi connectivity index (χ0v) is 24.3. The summed E-state index contributed by atoms with van der Waals surface area (Å²) in [6.45, 7) is 10.2. The maximum atomic E-state index is 14.3. The van der Waals surface area contributed by atoms with Crippen molar-refractivity contribution in [3.63, 3.8) is 0 Å². The second-order valence-corrected chi connectivity index (χ2v) is 13.5. The Morgan fingerprint density at radius 2 is 1.81 bits per heavy atom. The number of Topliss-reactive ketones (excluding diaryl/α,β-unsaturated/α-hetero) is 2. The van der Waals surface area contributed by atoms with Crippen molar-refractivity contribution in [1.29, 1.82) is 0 Å². The van der Waals surface area contributed by atoms with Crippen molar-refractivity contribution in [2.75, 3.05) is 7.11 Å². The smallest absolute Gasteiger partial charge is 0.305 e. The Labute approximate surface area is 224 Å². The third kappa shape index (κ3) is 4.19. The molecule has 0 amide bonds. The van der Waals surface area contributed by atoms with E-state index in [-0.39, 0.29) is 86.7 Å². The lowest BCUT2D eigenvalue weighted by Crippen LogP contribution is -2.66. The molecule has 4 aliphatic carbocycles. The van der Waals surface area contributed by atoms with Gasteiger partial charge in [0.2, 0.25) is 0 Å². The molecule has 2 unspecified atom stereocenters. The Morgan fingerprint density at radius 1 is 1.11 bits per heavy atom. The molecule has 202 valence electrons. The molecule has 0 aromatic rings. The van der Waals surface area contributed by atoms with Crippen LogP contribution in [0.3, 0.4) is 0 Å². The lowest BCUT2D eigenvalue weighted by atomic mass is 9.41. The average Bonchev–Trinajstić information content (AvgIpc) is 3.19. The van der Waals surface area contributed by atoms with Gasteiger partial charge in [0.05, 0.1) is 11.9 Å². The number of carbonyl (C=O) groups is 4.